The van der Waals surface area contributed by atoms with Gasteiger partial charge < -0.3 is 15.2 Å². The summed E-state index contributed by atoms with van der Waals surface area (Å²) in [6.07, 6.45) is 7.21. The maximum atomic E-state index is 10.4. The minimum absolute atomic E-state index is 0.282. The SMILES string of the molecule is CC(C)=CCC/C(C)=C\Cc1c(O)ccc2c1[nH]c1cc(O)c(C)cc12. The molecule has 3 heteroatoms. The molecule has 0 bridgehead atoms. The summed E-state index contributed by atoms with van der Waals surface area (Å²) in [7, 11) is 0. The minimum Gasteiger partial charge on any atom is -0.508 e. The van der Waals surface area contributed by atoms with Crippen molar-refractivity contribution in [2.24, 2.45) is 0 Å². The molecule has 136 valence electrons. The predicted molar refractivity (Wildman–Crippen MR) is 110 cm³/mol. The Hall–Kier alpha value is -2.68. The van der Waals surface area contributed by atoms with Gasteiger partial charge in [0.15, 0.2) is 0 Å². The number of aromatic nitrogens is 1. The normalized spacial score (nSPS) is 12.1. The van der Waals surface area contributed by atoms with Crippen LogP contribution in [0.2, 0.25) is 0 Å². The smallest absolute Gasteiger partial charge is 0.121 e. The largest absolute Gasteiger partial charge is 0.508 e. The quantitative estimate of drug-likeness (QED) is 0.475. The van der Waals surface area contributed by atoms with Gasteiger partial charge in [-0.2, -0.15) is 0 Å². The number of hydrogen-bond donors (Lipinski definition) is 3. The minimum atomic E-state index is 0.282. The number of aromatic hydroxyl groups is 2. The summed E-state index contributed by atoms with van der Waals surface area (Å²) in [5.41, 5.74) is 6.25. The van der Waals surface area contributed by atoms with Gasteiger partial charge in [-0.25, -0.2) is 0 Å². The zero-order chi connectivity index (χ0) is 18.8. The van der Waals surface area contributed by atoms with E-state index in [-0.39, 0.29) is 5.75 Å². The molecule has 1 heterocycles. The molecule has 0 aliphatic carbocycles. The molecule has 26 heavy (non-hydrogen) atoms. The second kappa shape index (κ2) is 7.28. The molecule has 0 fully saturated rings. The maximum absolute atomic E-state index is 10.4. The van der Waals surface area contributed by atoms with E-state index in [9.17, 15) is 10.2 Å². The second-order valence-corrected chi connectivity index (χ2v) is 7.37. The van der Waals surface area contributed by atoms with Crippen molar-refractivity contribution < 1.29 is 10.2 Å². The highest BCUT2D eigenvalue weighted by molar-refractivity contribution is 6.09. The van der Waals surface area contributed by atoms with Crippen LogP contribution in [0.3, 0.4) is 0 Å². The maximum Gasteiger partial charge on any atom is 0.121 e. The van der Waals surface area contributed by atoms with Gasteiger partial charge in [0.1, 0.15) is 11.5 Å². The number of aryl methyl sites for hydroxylation is 1. The fourth-order valence-electron chi connectivity index (χ4n) is 3.33. The highest BCUT2D eigenvalue weighted by Gasteiger charge is 2.13. The highest BCUT2D eigenvalue weighted by Crippen LogP contribution is 2.35. The fourth-order valence-corrected chi connectivity index (χ4v) is 3.33. The molecule has 0 spiro atoms. The first-order valence-corrected chi connectivity index (χ1v) is 9.11. The van der Waals surface area contributed by atoms with Crippen LogP contribution in [0.4, 0.5) is 0 Å². The van der Waals surface area contributed by atoms with E-state index in [1.54, 1.807) is 12.1 Å². The monoisotopic (exact) mass is 349 g/mol. The Bertz CT molecular complexity index is 1020. The van der Waals surface area contributed by atoms with Gasteiger partial charge >= 0.3 is 0 Å². The van der Waals surface area contributed by atoms with E-state index in [1.807, 2.05) is 19.1 Å². The number of phenols is 2. The lowest BCUT2D eigenvalue weighted by Crippen LogP contribution is -1.87. The molecule has 2 aromatic carbocycles. The van der Waals surface area contributed by atoms with Crippen LogP contribution in [0.5, 0.6) is 11.5 Å². The number of allylic oxidation sites excluding steroid dienone is 4. The van der Waals surface area contributed by atoms with Crippen molar-refractivity contribution in [1.82, 2.24) is 4.98 Å². The van der Waals surface area contributed by atoms with Gasteiger partial charge in [0.25, 0.3) is 0 Å². The summed E-state index contributed by atoms with van der Waals surface area (Å²) in [6.45, 7) is 8.27. The Morgan fingerprint density at radius 3 is 2.50 bits per heavy atom. The van der Waals surface area contributed by atoms with Crippen LogP contribution < -0.4 is 0 Å². The van der Waals surface area contributed by atoms with Crippen LogP contribution >= 0.6 is 0 Å². The summed E-state index contributed by atoms with van der Waals surface area (Å²) in [5, 5.41) is 22.5. The zero-order valence-corrected chi connectivity index (χ0v) is 16.0. The van der Waals surface area contributed by atoms with Crippen LogP contribution in [0.1, 0.15) is 44.7 Å². The first kappa shape index (κ1) is 18.1. The topological polar surface area (TPSA) is 56.2 Å². The molecule has 3 nitrogen and oxygen atoms in total. The molecule has 1 aromatic heterocycles. The van der Waals surface area contributed by atoms with Crippen LogP contribution in [0, 0.1) is 6.92 Å². The lowest BCUT2D eigenvalue weighted by atomic mass is 10.0. The van der Waals surface area contributed by atoms with Gasteiger partial charge in [-0.1, -0.05) is 23.3 Å². The molecular weight excluding hydrogens is 322 g/mol. The number of fused-ring (bicyclic) bond motifs is 3. The molecule has 0 saturated heterocycles. The Balaban J connectivity index is 1.97. The van der Waals surface area contributed by atoms with Gasteiger partial charge in [0.2, 0.25) is 0 Å². The van der Waals surface area contributed by atoms with Crippen LogP contribution in [-0.2, 0) is 6.42 Å². The number of aromatic amines is 1. The van der Waals surface area contributed by atoms with Crippen molar-refractivity contribution in [1.29, 1.82) is 0 Å². The lowest BCUT2D eigenvalue weighted by Gasteiger charge is -2.05. The molecule has 0 saturated carbocycles. The van der Waals surface area contributed by atoms with Gasteiger partial charge in [0, 0.05) is 22.4 Å². The number of hydrogen-bond acceptors (Lipinski definition) is 2. The van der Waals surface area contributed by atoms with Gasteiger partial charge in [-0.05, 0) is 70.7 Å². The molecule has 0 unspecified atom stereocenters. The van der Waals surface area contributed by atoms with Gasteiger partial charge in [-0.15, -0.1) is 0 Å². The van der Waals surface area contributed by atoms with E-state index in [1.165, 1.54) is 11.1 Å². The molecule has 0 amide bonds. The number of phenolic OH excluding ortho intramolecular Hbond substituents is 2. The van der Waals surface area contributed by atoms with Gasteiger partial charge in [-0.3, -0.25) is 0 Å². The summed E-state index contributed by atoms with van der Waals surface area (Å²) in [6, 6.07) is 7.45. The molecular formula is C23H27NO2. The van der Waals surface area contributed by atoms with Crippen LogP contribution in [0.15, 0.2) is 47.6 Å². The molecule has 3 rings (SSSR count). The summed E-state index contributed by atoms with van der Waals surface area (Å²) < 4.78 is 0. The van der Waals surface area contributed by atoms with Crippen molar-refractivity contribution in [2.45, 2.75) is 47.0 Å². The van der Waals surface area contributed by atoms with E-state index in [4.69, 9.17) is 0 Å². The number of nitrogens with one attached hydrogen (secondary N) is 1. The zero-order valence-electron chi connectivity index (χ0n) is 16.0. The average Bonchev–Trinajstić information content (AvgIpc) is 2.91. The first-order chi connectivity index (χ1) is 12.4. The standard InChI is InChI=1S/C23H27NO2/c1-14(2)6-5-7-15(3)8-9-18-21(25)11-10-17-19-12-16(4)22(26)13-20(19)24-23(17)18/h6,8,10-13,24-26H,5,7,9H2,1-4H3/b15-8-. The van der Waals surface area contributed by atoms with E-state index in [0.29, 0.717) is 12.2 Å². The predicted octanol–water partition coefficient (Wildman–Crippen LogP) is 6.28. The molecule has 3 N–H and O–H groups in total. The van der Waals surface area contributed by atoms with Crippen molar-refractivity contribution in [3.05, 3.63) is 58.7 Å². The molecule has 0 radical (unpaired) electrons. The summed E-state index contributed by atoms with van der Waals surface area (Å²) in [5.74, 6) is 0.586. The average molecular weight is 349 g/mol. The van der Waals surface area contributed by atoms with E-state index < -0.39 is 0 Å². The Labute approximate surface area is 154 Å². The summed E-state index contributed by atoms with van der Waals surface area (Å²) in [4.78, 5) is 3.38. The third-order valence-electron chi connectivity index (χ3n) is 4.92. The third kappa shape index (κ3) is 3.62. The van der Waals surface area contributed by atoms with E-state index in [2.05, 4.69) is 37.9 Å². The van der Waals surface area contributed by atoms with E-state index in [0.717, 1.165) is 45.8 Å². The molecule has 0 aliphatic heterocycles. The second-order valence-electron chi connectivity index (χ2n) is 7.37. The molecule has 0 aliphatic rings. The number of benzene rings is 2. The van der Waals surface area contributed by atoms with Crippen LogP contribution in [-0.4, -0.2) is 15.2 Å². The van der Waals surface area contributed by atoms with Crippen molar-refractivity contribution in [2.75, 3.05) is 0 Å². The fraction of sp³-hybridized carbons (Fsp3) is 0.304. The third-order valence-corrected chi connectivity index (χ3v) is 4.92. The Kier molecular flexibility index (Phi) is 5.08. The molecule has 0 atom stereocenters. The lowest BCUT2D eigenvalue weighted by molar-refractivity contribution is 0.470. The Morgan fingerprint density at radius 1 is 1.00 bits per heavy atom. The molecule has 3 aromatic rings. The van der Waals surface area contributed by atoms with Gasteiger partial charge in [0.05, 0.1) is 11.0 Å². The number of H-pyrrole nitrogens is 1. The van der Waals surface area contributed by atoms with Crippen molar-refractivity contribution >= 4 is 21.8 Å². The summed E-state index contributed by atoms with van der Waals surface area (Å²) >= 11 is 0. The first-order valence-electron chi connectivity index (χ1n) is 9.11. The van der Waals surface area contributed by atoms with Crippen molar-refractivity contribution in [3.8, 4) is 11.5 Å². The Morgan fingerprint density at radius 2 is 1.77 bits per heavy atom. The number of rotatable bonds is 5. The van der Waals surface area contributed by atoms with Crippen LogP contribution in [0.25, 0.3) is 21.8 Å². The highest BCUT2D eigenvalue weighted by atomic mass is 16.3. The van der Waals surface area contributed by atoms with Crippen molar-refractivity contribution in [3.63, 3.8) is 0 Å². The van der Waals surface area contributed by atoms with E-state index >= 15 is 0 Å².